The summed E-state index contributed by atoms with van der Waals surface area (Å²) in [7, 11) is -3.36. The van der Waals surface area contributed by atoms with Crippen LogP contribution in [0.15, 0.2) is 53.4 Å². The molecule has 9 nitrogen and oxygen atoms in total. The number of hydrogen-bond donors (Lipinski definition) is 2. The van der Waals surface area contributed by atoms with Crippen molar-refractivity contribution in [3.8, 4) is 0 Å². The zero-order chi connectivity index (χ0) is 28.7. The molecule has 0 aromatic heterocycles. The lowest BCUT2D eigenvalue weighted by atomic mass is 10.1. The summed E-state index contributed by atoms with van der Waals surface area (Å²) in [6.45, 7) is -0.0306. The number of carbonyl (C=O) groups excluding carboxylic acids is 1. The fourth-order valence-electron chi connectivity index (χ4n) is 5.07. The maximum Gasteiger partial charge on any atom is 0.345 e. The Morgan fingerprint density at radius 2 is 1.77 bits per heavy atom. The number of aliphatic hydroxyl groups is 1. The van der Waals surface area contributed by atoms with Crippen molar-refractivity contribution in [2.45, 2.75) is 62.0 Å². The molecule has 0 saturated carbocycles. The van der Waals surface area contributed by atoms with Crippen molar-refractivity contribution in [3.05, 3.63) is 59.7 Å². The molecule has 220 valence electrons. The van der Waals surface area contributed by atoms with Gasteiger partial charge in [0.1, 0.15) is 0 Å². The number of alkyl halides is 2. The van der Waals surface area contributed by atoms with Crippen LogP contribution in [0.1, 0.15) is 48.1 Å². The van der Waals surface area contributed by atoms with E-state index in [2.05, 4.69) is 10.1 Å². The summed E-state index contributed by atoms with van der Waals surface area (Å²) in [4.78, 5) is 15.1. The van der Waals surface area contributed by atoms with Crippen molar-refractivity contribution in [1.29, 1.82) is 0 Å². The second-order valence-electron chi connectivity index (χ2n) is 9.93. The van der Waals surface area contributed by atoms with Crippen LogP contribution in [0.4, 0.5) is 14.5 Å². The topological polar surface area (TPSA) is 114 Å². The molecule has 0 radical (unpaired) electrons. The predicted octanol–water partition coefficient (Wildman–Crippen LogP) is 3.33. The van der Waals surface area contributed by atoms with Gasteiger partial charge < -0.3 is 29.5 Å². The molecule has 2 aromatic rings. The van der Waals surface area contributed by atoms with Crippen molar-refractivity contribution in [3.63, 3.8) is 0 Å². The maximum atomic E-state index is 12.9. The molecule has 0 bridgehead atoms. The Morgan fingerprint density at radius 3 is 2.38 bits per heavy atom. The number of aliphatic hydroxyl groups excluding tert-OH is 1. The van der Waals surface area contributed by atoms with Crippen LogP contribution in [-0.2, 0) is 24.0 Å². The molecular formula is C28H36F2N2O7S. The van der Waals surface area contributed by atoms with E-state index in [1.807, 2.05) is 4.90 Å². The molecule has 2 aromatic carbocycles. The van der Waals surface area contributed by atoms with Crippen molar-refractivity contribution >= 4 is 21.4 Å². The van der Waals surface area contributed by atoms with Gasteiger partial charge in [-0.05, 0) is 61.2 Å². The Morgan fingerprint density at radius 1 is 1.10 bits per heavy atom. The summed E-state index contributed by atoms with van der Waals surface area (Å²) < 4.78 is 66.0. The van der Waals surface area contributed by atoms with Gasteiger partial charge in [-0.2, -0.15) is 8.78 Å². The van der Waals surface area contributed by atoms with E-state index in [1.54, 1.807) is 43.3 Å². The smallest absolute Gasteiger partial charge is 0.345 e. The van der Waals surface area contributed by atoms with Crippen LogP contribution in [0.5, 0.6) is 0 Å². The molecule has 2 aliphatic rings. The highest BCUT2D eigenvalue weighted by atomic mass is 32.2. The fourth-order valence-corrected chi connectivity index (χ4v) is 5.95. The standard InChI is InChI=1S/C28H36F2N2O7S/c1-2-40(35,36)25-9-5-19(6-10-25)26(17-33)31-27(34)20-3-7-21(8-4-20)32-16-24(15-22(32)18-38-28(29)30)39-23-11-13-37-14-12-23/h3-10,22-24,26,28,33H,2,11-18H2,1H3,(H,31,34)/t22-,24?,26-/m0/s1. The average molecular weight is 583 g/mol. The molecule has 4 rings (SSSR count). The third kappa shape index (κ3) is 7.76. The second kappa shape index (κ2) is 13.8. The van der Waals surface area contributed by atoms with Crippen molar-refractivity contribution < 1.29 is 41.3 Å². The van der Waals surface area contributed by atoms with E-state index >= 15 is 0 Å². The van der Waals surface area contributed by atoms with Gasteiger partial charge in [0.2, 0.25) is 0 Å². The van der Waals surface area contributed by atoms with Crippen LogP contribution in [-0.4, -0.2) is 83.0 Å². The number of ether oxygens (including phenoxy) is 3. The molecule has 40 heavy (non-hydrogen) atoms. The lowest BCUT2D eigenvalue weighted by Crippen LogP contribution is -2.34. The quantitative estimate of drug-likeness (QED) is 0.392. The minimum absolute atomic E-state index is 0.0243. The van der Waals surface area contributed by atoms with Gasteiger partial charge >= 0.3 is 6.61 Å². The van der Waals surface area contributed by atoms with E-state index in [0.29, 0.717) is 37.3 Å². The normalized spacial score (nSPS) is 21.1. The van der Waals surface area contributed by atoms with E-state index in [1.165, 1.54) is 12.1 Å². The number of nitrogens with one attached hydrogen (secondary N) is 1. The van der Waals surface area contributed by atoms with Crippen LogP contribution in [0.3, 0.4) is 0 Å². The number of hydrogen-bond acceptors (Lipinski definition) is 8. The number of carbonyl (C=O) groups is 1. The number of anilines is 1. The summed E-state index contributed by atoms with van der Waals surface area (Å²) >= 11 is 0. The zero-order valence-corrected chi connectivity index (χ0v) is 23.2. The van der Waals surface area contributed by atoms with Gasteiger partial charge in [-0.25, -0.2) is 8.42 Å². The monoisotopic (exact) mass is 582 g/mol. The summed E-state index contributed by atoms with van der Waals surface area (Å²) in [5, 5.41) is 12.6. The highest BCUT2D eigenvalue weighted by Gasteiger charge is 2.35. The molecule has 12 heteroatoms. The number of sulfone groups is 1. The number of benzene rings is 2. The minimum Gasteiger partial charge on any atom is -0.394 e. The molecular weight excluding hydrogens is 546 g/mol. The van der Waals surface area contributed by atoms with Gasteiger partial charge in [-0.1, -0.05) is 19.1 Å². The molecule has 1 unspecified atom stereocenters. The van der Waals surface area contributed by atoms with Crippen LogP contribution >= 0.6 is 0 Å². The molecule has 2 saturated heterocycles. The highest BCUT2D eigenvalue weighted by Crippen LogP contribution is 2.30. The van der Waals surface area contributed by atoms with E-state index < -0.39 is 28.4 Å². The van der Waals surface area contributed by atoms with Gasteiger partial charge in [0.15, 0.2) is 9.84 Å². The SMILES string of the molecule is CCS(=O)(=O)c1ccc([C@H](CO)NC(=O)c2ccc(N3CC(OC4CCOCC4)C[C@H]3COC(F)F)cc2)cc1. The number of nitrogens with zero attached hydrogens (tertiary/aromatic N) is 1. The lowest BCUT2D eigenvalue weighted by Gasteiger charge is -2.27. The first kappa shape index (κ1) is 30.3. The molecule has 2 fully saturated rings. The van der Waals surface area contributed by atoms with Crippen LogP contribution in [0, 0.1) is 0 Å². The maximum absolute atomic E-state index is 12.9. The molecule has 0 spiro atoms. The van der Waals surface area contributed by atoms with E-state index in [0.717, 1.165) is 18.5 Å². The van der Waals surface area contributed by atoms with Gasteiger partial charge in [0.25, 0.3) is 5.91 Å². The van der Waals surface area contributed by atoms with Crippen molar-refractivity contribution in [2.24, 2.45) is 0 Å². The van der Waals surface area contributed by atoms with Gasteiger partial charge in [0.05, 0.1) is 48.2 Å². The first-order chi connectivity index (χ1) is 19.2. The third-order valence-corrected chi connectivity index (χ3v) is 9.07. The molecule has 0 aliphatic carbocycles. The molecule has 3 atom stereocenters. The van der Waals surface area contributed by atoms with E-state index in [4.69, 9.17) is 9.47 Å². The summed E-state index contributed by atoms with van der Waals surface area (Å²) in [5.74, 6) is -0.445. The Labute approximate surface area is 233 Å². The van der Waals surface area contributed by atoms with Crippen LogP contribution in [0.2, 0.25) is 0 Å². The summed E-state index contributed by atoms with van der Waals surface area (Å²) in [5.41, 5.74) is 1.67. The Hall–Kier alpha value is -2.64. The number of rotatable bonds is 12. The second-order valence-corrected chi connectivity index (χ2v) is 12.2. The zero-order valence-electron chi connectivity index (χ0n) is 22.4. The molecule has 2 heterocycles. The Balaban J connectivity index is 1.41. The summed E-state index contributed by atoms with van der Waals surface area (Å²) in [6, 6.07) is 11.8. The number of halogens is 2. The third-order valence-electron chi connectivity index (χ3n) is 7.31. The summed E-state index contributed by atoms with van der Waals surface area (Å²) in [6.07, 6.45) is 2.09. The van der Waals surface area contributed by atoms with Crippen LogP contribution < -0.4 is 10.2 Å². The lowest BCUT2D eigenvalue weighted by molar-refractivity contribution is -0.132. The van der Waals surface area contributed by atoms with Crippen molar-refractivity contribution in [2.75, 3.05) is 43.6 Å². The molecule has 1 amide bonds. The van der Waals surface area contributed by atoms with Gasteiger partial charge in [-0.15, -0.1) is 0 Å². The minimum atomic E-state index is -3.36. The van der Waals surface area contributed by atoms with E-state index in [-0.39, 0.29) is 42.1 Å². The fraction of sp³-hybridized carbons (Fsp3) is 0.536. The van der Waals surface area contributed by atoms with Gasteiger partial charge in [-0.3, -0.25) is 4.79 Å². The average Bonchev–Trinajstić information content (AvgIpc) is 3.37. The Bertz CT molecular complexity index is 1210. The van der Waals surface area contributed by atoms with Gasteiger partial charge in [0, 0.05) is 31.0 Å². The first-order valence-electron chi connectivity index (χ1n) is 13.4. The van der Waals surface area contributed by atoms with Crippen LogP contribution in [0.25, 0.3) is 0 Å². The number of amides is 1. The largest absolute Gasteiger partial charge is 0.394 e. The van der Waals surface area contributed by atoms with E-state index in [9.17, 15) is 27.1 Å². The highest BCUT2D eigenvalue weighted by molar-refractivity contribution is 7.91. The predicted molar refractivity (Wildman–Crippen MR) is 144 cm³/mol. The van der Waals surface area contributed by atoms with Crippen molar-refractivity contribution in [1.82, 2.24) is 5.32 Å². The molecule has 2 N–H and O–H groups in total. The molecule has 2 aliphatic heterocycles. The Kier molecular flexibility index (Phi) is 10.5. The first-order valence-corrected chi connectivity index (χ1v) is 15.1.